The number of halogens is 1. The van der Waals surface area contributed by atoms with Gasteiger partial charge >= 0.3 is 12.1 Å². The highest BCUT2D eigenvalue weighted by Gasteiger charge is 2.31. The Morgan fingerprint density at radius 2 is 1.77 bits per heavy atom. The first-order chi connectivity index (χ1) is 16.8. The van der Waals surface area contributed by atoms with Gasteiger partial charge in [0, 0.05) is 21.8 Å². The molecule has 7 nitrogen and oxygen atoms in total. The maximum absolute atomic E-state index is 12.9. The van der Waals surface area contributed by atoms with Crippen molar-refractivity contribution in [3.8, 4) is 11.5 Å². The summed E-state index contributed by atoms with van der Waals surface area (Å²) in [5.41, 5.74) is 1.95. The Kier molecular flexibility index (Phi) is 9.31. The summed E-state index contributed by atoms with van der Waals surface area (Å²) in [7, 11) is 0. The monoisotopic (exact) mass is 539 g/mol. The molecule has 0 heterocycles. The molecule has 0 bridgehead atoms. The van der Waals surface area contributed by atoms with E-state index in [0.29, 0.717) is 34.3 Å². The number of hydrogen-bond donors (Lipinski definition) is 3. The molecule has 3 aromatic carbocycles. The van der Waals surface area contributed by atoms with Crippen molar-refractivity contribution in [2.75, 3.05) is 5.32 Å². The number of para-hydroxylation sites is 1. The summed E-state index contributed by atoms with van der Waals surface area (Å²) in [5, 5.41) is 22.2. The highest BCUT2D eigenvalue weighted by molar-refractivity contribution is 9.10. The number of aliphatic carboxylic acids is 1. The summed E-state index contributed by atoms with van der Waals surface area (Å²) in [6, 6.07) is 21.1. The fourth-order valence-electron chi connectivity index (χ4n) is 3.38. The van der Waals surface area contributed by atoms with Crippen LogP contribution in [-0.4, -0.2) is 28.4 Å². The average molecular weight is 540 g/mol. The molecule has 0 fully saturated rings. The molecule has 0 radical (unpaired) electrons. The molecule has 3 N–H and O–H groups in total. The first-order valence-corrected chi connectivity index (χ1v) is 11.7. The predicted octanol–water partition coefficient (Wildman–Crippen LogP) is 6.62. The van der Waals surface area contributed by atoms with Crippen LogP contribution in [0.15, 0.2) is 89.4 Å². The van der Waals surface area contributed by atoms with E-state index < -0.39 is 24.3 Å². The van der Waals surface area contributed by atoms with E-state index in [1.165, 1.54) is 12.1 Å². The first-order valence-electron chi connectivity index (χ1n) is 11.0. The molecule has 0 spiro atoms. The van der Waals surface area contributed by atoms with Crippen LogP contribution in [-0.2, 0) is 9.53 Å². The summed E-state index contributed by atoms with van der Waals surface area (Å²) in [5.74, 6) is -0.578. The number of carbonyl (C=O) groups is 2. The normalized spacial score (nSPS) is 12.6. The van der Waals surface area contributed by atoms with Crippen LogP contribution >= 0.6 is 15.9 Å². The fraction of sp³-hybridized carbons (Fsp3) is 0.185. The van der Waals surface area contributed by atoms with Gasteiger partial charge in [0.05, 0.1) is 0 Å². The number of phenolic OH excluding ortho intramolecular Hbond substituents is 1. The molecule has 35 heavy (non-hydrogen) atoms. The van der Waals surface area contributed by atoms with E-state index in [4.69, 9.17) is 14.6 Å². The van der Waals surface area contributed by atoms with Crippen molar-refractivity contribution < 1.29 is 29.3 Å². The Labute approximate surface area is 212 Å². The number of aromatic hydroxyl groups is 1. The third-order valence-corrected chi connectivity index (χ3v) is 5.57. The third kappa shape index (κ3) is 8.19. The quantitative estimate of drug-likeness (QED) is 0.250. The van der Waals surface area contributed by atoms with Gasteiger partial charge in [0.2, 0.25) is 0 Å². The SMILES string of the molecule is Cc1ccc(NC(=O)O[C@H](c2cc(Br)ccc2O)[C@@H](CC/C=C/C(=O)O)Oc2ccccc2)cc1. The average Bonchev–Trinajstić information content (AvgIpc) is 2.83. The number of rotatable bonds is 10. The number of carboxylic acids is 1. The van der Waals surface area contributed by atoms with Crippen LogP contribution < -0.4 is 10.1 Å². The lowest BCUT2D eigenvalue weighted by Crippen LogP contribution is -2.31. The van der Waals surface area contributed by atoms with Gasteiger partial charge in [-0.25, -0.2) is 9.59 Å². The van der Waals surface area contributed by atoms with E-state index in [2.05, 4.69) is 21.2 Å². The summed E-state index contributed by atoms with van der Waals surface area (Å²) < 4.78 is 12.7. The third-order valence-electron chi connectivity index (χ3n) is 5.07. The number of amides is 1. The molecule has 8 heteroatoms. The number of allylic oxidation sites excluding steroid dienone is 1. The number of anilines is 1. The van der Waals surface area contributed by atoms with Gasteiger partial charge in [-0.15, -0.1) is 0 Å². The second-order valence-electron chi connectivity index (χ2n) is 7.81. The number of nitrogens with one attached hydrogen (secondary N) is 1. The van der Waals surface area contributed by atoms with E-state index in [9.17, 15) is 14.7 Å². The van der Waals surface area contributed by atoms with E-state index in [1.54, 1.807) is 36.4 Å². The molecular weight excluding hydrogens is 514 g/mol. The standard InChI is InChI=1S/C27H26BrNO6/c1-18-11-14-20(15-12-18)29-27(33)35-26(22-17-19(28)13-16-23(22)30)24(9-5-6-10-25(31)32)34-21-7-3-2-4-8-21/h2-4,6-8,10-17,24,26,30H,5,9H2,1H3,(H,29,33)(H,31,32)/b10-6+/t24-,26-/m1/s1. The van der Waals surface area contributed by atoms with Crippen LogP contribution in [0.3, 0.4) is 0 Å². The molecule has 0 saturated carbocycles. The molecule has 0 aromatic heterocycles. The minimum atomic E-state index is -1.06. The topological polar surface area (TPSA) is 105 Å². The van der Waals surface area contributed by atoms with Gasteiger partial charge in [-0.1, -0.05) is 57.9 Å². The number of phenols is 1. The predicted molar refractivity (Wildman–Crippen MR) is 137 cm³/mol. The highest BCUT2D eigenvalue weighted by Crippen LogP contribution is 2.35. The van der Waals surface area contributed by atoms with Crippen molar-refractivity contribution in [3.05, 3.63) is 101 Å². The highest BCUT2D eigenvalue weighted by atomic mass is 79.9. The molecule has 0 saturated heterocycles. The second-order valence-corrected chi connectivity index (χ2v) is 8.72. The van der Waals surface area contributed by atoms with Crippen molar-refractivity contribution in [2.24, 2.45) is 0 Å². The zero-order valence-electron chi connectivity index (χ0n) is 19.1. The number of carboxylic acid groups (broad SMARTS) is 1. The fourth-order valence-corrected chi connectivity index (χ4v) is 3.76. The van der Waals surface area contributed by atoms with Crippen LogP contribution in [0.5, 0.6) is 11.5 Å². The van der Waals surface area contributed by atoms with Crippen LogP contribution in [0.2, 0.25) is 0 Å². The van der Waals surface area contributed by atoms with Gasteiger partial charge < -0.3 is 19.7 Å². The van der Waals surface area contributed by atoms with Crippen LogP contribution in [0, 0.1) is 6.92 Å². The number of aryl methyl sites for hydroxylation is 1. The van der Waals surface area contributed by atoms with Crippen molar-refractivity contribution in [2.45, 2.75) is 32.0 Å². The minimum Gasteiger partial charge on any atom is -0.508 e. The number of hydrogen-bond acceptors (Lipinski definition) is 5. The lowest BCUT2D eigenvalue weighted by atomic mass is 9.99. The van der Waals surface area contributed by atoms with E-state index in [1.807, 2.05) is 37.3 Å². The molecule has 0 aliphatic carbocycles. The lowest BCUT2D eigenvalue weighted by molar-refractivity contribution is -0.131. The minimum absolute atomic E-state index is 0.0657. The molecule has 182 valence electrons. The summed E-state index contributed by atoms with van der Waals surface area (Å²) >= 11 is 3.40. The van der Waals surface area contributed by atoms with Gasteiger partial charge in [0.1, 0.15) is 17.6 Å². The van der Waals surface area contributed by atoms with Crippen molar-refractivity contribution in [3.63, 3.8) is 0 Å². The lowest BCUT2D eigenvalue weighted by Gasteiger charge is -2.28. The van der Waals surface area contributed by atoms with Crippen LogP contribution in [0.4, 0.5) is 10.5 Å². The van der Waals surface area contributed by atoms with Crippen LogP contribution in [0.1, 0.15) is 30.1 Å². The number of carbonyl (C=O) groups excluding carboxylic acids is 1. The Bertz CT molecular complexity index is 1160. The largest absolute Gasteiger partial charge is 0.508 e. The van der Waals surface area contributed by atoms with Gasteiger partial charge in [0.15, 0.2) is 6.10 Å². The Hall–Kier alpha value is -3.78. The molecule has 0 aliphatic heterocycles. The molecule has 2 atom stereocenters. The van der Waals surface area contributed by atoms with Crippen molar-refractivity contribution in [1.82, 2.24) is 0 Å². The smallest absolute Gasteiger partial charge is 0.412 e. The van der Waals surface area contributed by atoms with E-state index in [0.717, 1.165) is 11.6 Å². The molecule has 3 aromatic rings. The van der Waals surface area contributed by atoms with E-state index >= 15 is 0 Å². The zero-order valence-corrected chi connectivity index (χ0v) is 20.6. The zero-order chi connectivity index (χ0) is 25.2. The maximum Gasteiger partial charge on any atom is 0.412 e. The van der Waals surface area contributed by atoms with Crippen LogP contribution in [0.25, 0.3) is 0 Å². The molecule has 0 unspecified atom stereocenters. The van der Waals surface area contributed by atoms with Gasteiger partial charge in [-0.3, -0.25) is 5.32 Å². The molecular formula is C27H26BrNO6. The molecule has 3 rings (SSSR count). The van der Waals surface area contributed by atoms with Crippen molar-refractivity contribution >= 4 is 33.7 Å². The Morgan fingerprint density at radius 3 is 2.46 bits per heavy atom. The summed E-state index contributed by atoms with van der Waals surface area (Å²) in [6.07, 6.45) is 0.756. The van der Waals surface area contributed by atoms with Crippen molar-refractivity contribution in [1.29, 1.82) is 0 Å². The summed E-state index contributed by atoms with van der Waals surface area (Å²) in [4.78, 5) is 23.8. The van der Waals surface area contributed by atoms with Gasteiger partial charge in [-0.2, -0.15) is 0 Å². The molecule has 1 amide bonds. The Morgan fingerprint density at radius 1 is 1.06 bits per heavy atom. The van der Waals surface area contributed by atoms with E-state index in [-0.39, 0.29) is 5.75 Å². The molecule has 0 aliphatic rings. The summed E-state index contributed by atoms with van der Waals surface area (Å²) in [6.45, 7) is 1.94. The Balaban J connectivity index is 1.92. The maximum atomic E-state index is 12.9. The van der Waals surface area contributed by atoms with Gasteiger partial charge in [-0.05, 0) is 62.2 Å². The second kappa shape index (κ2) is 12.6. The number of benzene rings is 3. The van der Waals surface area contributed by atoms with Gasteiger partial charge in [0.25, 0.3) is 0 Å². The first kappa shape index (κ1) is 25.8. The number of ether oxygens (including phenoxy) is 2.